The van der Waals surface area contributed by atoms with Gasteiger partial charge in [0.1, 0.15) is 0 Å². The van der Waals surface area contributed by atoms with Crippen LogP contribution in [0.2, 0.25) is 0 Å². The predicted molar refractivity (Wildman–Crippen MR) is 149 cm³/mol. The number of hydrogen-bond donors (Lipinski definition) is 4. The zero-order valence-electron chi connectivity index (χ0n) is 23.5. The standard InChI is InChI=1S/2C12H24O5S.2H3N/c2*1-2-3-4-5-6-7-8-9-10-11-12(13)17-18(14,15)16;;/h2*2-11H2,1H3,(H,14,15,16);2*1H3. The van der Waals surface area contributed by atoms with Crippen LogP contribution in [0.4, 0.5) is 0 Å². The molecule has 0 fully saturated rings. The van der Waals surface area contributed by atoms with Gasteiger partial charge in [-0.2, -0.15) is 16.8 Å². The minimum atomic E-state index is -4.63. The van der Waals surface area contributed by atoms with Gasteiger partial charge in [0.15, 0.2) is 0 Å². The summed E-state index contributed by atoms with van der Waals surface area (Å²) in [6.07, 6.45) is 20.1. The Morgan fingerprint density at radius 2 is 0.684 bits per heavy atom. The van der Waals surface area contributed by atoms with Crippen molar-refractivity contribution >= 4 is 32.7 Å². The van der Waals surface area contributed by atoms with Gasteiger partial charge in [-0.15, -0.1) is 0 Å². The Bertz CT molecular complexity index is 696. The summed E-state index contributed by atoms with van der Waals surface area (Å²) in [5.74, 6) is -1.78. The second-order valence-electron chi connectivity index (χ2n) is 8.92. The van der Waals surface area contributed by atoms with Crippen LogP contribution in [0.3, 0.4) is 0 Å². The lowest BCUT2D eigenvalue weighted by molar-refractivity contribution is -0.135. The zero-order chi connectivity index (χ0) is 27.7. The quantitative estimate of drug-likeness (QED) is 0.0745. The Kier molecular flexibility index (Phi) is 33.0. The Morgan fingerprint density at radius 1 is 0.474 bits per heavy atom. The molecule has 0 aliphatic carbocycles. The summed E-state index contributed by atoms with van der Waals surface area (Å²) in [6.45, 7) is 4.37. The number of unbranched alkanes of at least 4 members (excludes halogenated alkanes) is 16. The van der Waals surface area contributed by atoms with Gasteiger partial charge in [-0.25, -0.2) is 0 Å². The normalized spacial score (nSPS) is 10.8. The number of carbonyl (C=O) groups excluding carboxylic acids is 2. The highest BCUT2D eigenvalue weighted by Gasteiger charge is 2.13. The molecule has 0 unspecified atom stereocenters. The molecule has 8 N–H and O–H groups in total. The molecular formula is C24H54N2O10S2. The molecule has 0 aromatic carbocycles. The first-order valence-electron chi connectivity index (χ1n) is 13.3. The molecule has 0 bridgehead atoms. The van der Waals surface area contributed by atoms with Gasteiger partial charge in [-0.3, -0.25) is 18.7 Å². The van der Waals surface area contributed by atoms with E-state index in [9.17, 15) is 26.4 Å². The molecule has 38 heavy (non-hydrogen) atoms. The van der Waals surface area contributed by atoms with Crippen LogP contribution in [0.5, 0.6) is 0 Å². The van der Waals surface area contributed by atoms with Crippen molar-refractivity contribution < 1.29 is 43.9 Å². The first-order chi connectivity index (χ1) is 16.9. The van der Waals surface area contributed by atoms with E-state index in [2.05, 4.69) is 22.2 Å². The smallest absolute Gasteiger partial charge is 0.344 e. The van der Waals surface area contributed by atoms with Crippen LogP contribution in [0.15, 0.2) is 0 Å². The van der Waals surface area contributed by atoms with Gasteiger partial charge in [0.25, 0.3) is 0 Å². The average molecular weight is 595 g/mol. The van der Waals surface area contributed by atoms with E-state index < -0.39 is 32.7 Å². The van der Waals surface area contributed by atoms with E-state index in [1.54, 1.807) is 0 Å². The molecule has 0 aromatic rings. The molecule has 12 nitrogen and oxygen atoms in total. The minimum Gasteiger partial charge on any atom is -0.344 e. The fourth-order valence-corrected chi connectivity index (χ4v) is 4.11. The van der Waals surface area contributed by atoms with Crippen molar-refractivity contribution in [2.24, 2.45) is 0 Å². The van der Waals surface area contributed by atoms with Crippen molar-refractivity contribution in [3.05, 3.63) is 0 Å². The predicted octanol–water partition coefficient (Wildman–Crippen LogP) is 6.83. The van der Waals surface area contributed by atoms with Crippen molar-refractivity contribution in [1.29, 1.82) is 0 Å². The van der Waals surface area contributed by atoms with Gasteiger partial charge in [0.05, 0.1) is 0 Å². The van der Waals surface area contributed by atoms with Gasteiger partial charge in [0.2, 0.25) is 0 Å². The second-order valence-corrected chi connectivity index (χ2v) is 11.0. The Balaban J connectivity index is -0.000000289. The summed E-state index contributed by atoms with van der Waals surface area (Å²) in [4.78, 5) is 21.8. The second kappa shape index (κ2) is 28.7. The third-order valence-electron chi connectivity index (χ3n) is 5.37. The lowest BCUT2D eigenvalue weighted by Gasteiger charge is -2.02. The molecular weight excluding hydrogens is 540 g/mol. The van der Waals surface area contributed by atoms with Crippen LogP contribution in [0.25, 0.3) is 0 Å². The molecule has 0 saturated carbocycles. The first kappa shape index (κ1) is 43.7. The molecule has 0 saturated heterocycles. The highest BCUT2D eigenvalue weighted by Crippen LogP contribution is 2.12. The van der Waals surface area contributed by atoms with Crippen molar-refractivity contribution in [2.75, 3.05) is 0 Å². The highest BCUT2D eigenvalue weighted by molar-refractivity contribution is 7.81. The van der Waals surface area contributed by atoms with Gasteiger partial charge in [-0.1, -0.05) is 117 Å². The van der Waals surface area contributed by atoms with E-state index in [0.717, 1.165) is 38.5 Å². The van der Waals surface area contributed by atoms with Crippen molar-refractivity contribution in [3.63, 3.8) is 0 Å². The third kappa shape index (κ3) is 41.8. The van der Waals surface area contributed by atoms with Crippen LogP contribution in [0.1, 0.15) is 142 Å². The van der Waals surface area contributed by atoms with Gasteiger partial charge >= 0.3 is 32.7 Å². The van der Waals surface area contributed by atoms with Crippen molar-refractivity contribution in [3.8, 4) is 0 Å². The largest absolute Gasteiger partial charge is 0.448 e. The Hall–Kier alpha value is -1.32. The molecule has 0 rings (SSSR count). The molecule has 0 radical (unpaired) electrons. The molecule has 0 aromatic heterocycles. The lowest BCUT2D eigenvalue weighted by Crippen LogP contribution is -2.11. The minimum absolute atomic E-state index is 0. The molecule has 0 spiro atoms. The number of hydrogen-bond acceptors (Lipinski definition) is 10. The molecule has 0 amide bonds. The molecule has 0 heterocycles. The maximum Gasteiger partial charge on any atom is 0.448 e. The van der Waals surface area contributed by atoms with Crippen LogP contribution in [0, 0.1) is 0 Å². The van der Waals surface area contributed by atoms with Gasteiger partial charge in [0, 0.05) is 12.8 Å². The molecule has 0 aliphatic heterocycles. The maximum atomic E-state index is 10.9. The van der Waals surface area contributed by atoms with E-state index in [1.165, 1.54) is 64.2 Å². The van der Waals surface area contributed by atoms with Gasteiger partial charge in [-0.05, 0) is 12.8 Å². The lowest BCUT2D eigenvalue weighted by atomic mass is 10.1. The van der Waals surface area contributed by atoms with Crippen molar-refractivity contribution in [1.82, 2.24) is 12.3 Å². The summed E-state index contributed by atoms with van der Waals surface area (Å²) in [5.41, 5.74) is 0. The number of carbonyl (C=O) groups is 2. The molecule has 14 heteroatoms. The third-order valence-corrected chi connectivity index (χ3v) is 6.16. The van der Waals surface area contributed by atoms with E-state index in [-0.39, 0.29) is 25.1 Å². The highest BCUT2D eigenvalue weighted by atomic mass is 32.3. The summed E-state index contributed by atoms with van der Waals surface area (Å²) in [5, 5.41) is 0. The SMILES string of the molecule is CCCCCCCCCCCC(=O)OS(=O)(=O)O.CCCCCCCCCCCC(=O)OS(=O)(=O)O.N.N. The van der Waals surface area contributed by atoms with E-state index in [0.29, 0.717) is 12.8 Å². The van der Waals surface area contributed by atoms with Crippen molar-refractivity contribution in [2.45, 2.75) is 142 Å². The summed E-state index contributed by atoms with van der Waals surface area (Å²) in [7, 11) is -9.27. The summed E-state index contributed by atoms with van der Waals surface area (Å²) < 4.78 is 65.0. The van der Waals surface area contributed by atoms with Crippen LogP contribution >= 0.6 is 0 Å². The fraction of sp³-hybridized carbons (Fsp3) is 0.917. The monoisotopic (exact) mass is 594 g/mol. The molecule has 232 valence electrons. The maximum absolute atomic E-state index is 10.9. The first-order valence-corrected chi connectivity index (χ1v) is 16.0. The van der Waals surface area contributed by atoms with Gasteiger partial charge < -0.3 is 20.7 Å². The average Bonchev–Trinajstić information content (AvgIpc) is 2.75. The Morgan fingerprint density at radius 3 is 0.895 bits per heavy atom. The molecule has 0 atom stereocenters. The zero-order valence-corrected chi connectivity index (χ0v) is 25.2. The van der Waals surface area contributed by atoms with Crippen LogP contribution in [-0.4, -0.2) is 37.9 Å². The van der Waals surface area contributed by atoms with E-state index in [1.807, 2.05) is 0 Å². The molecule has 0 aliphatic rings. The van der Waals surface area contributed by atoms with Crippen LogP contribution < -0.4 is 12.3 Å². The number of rotatable bonds is 22. The summed E-state index contributed by atoms with van der Waals surface area (Å²) in [6, 6.07) is 0. The Labute approximate surface area is 231 Å². The van der Waals surface area contributed by atoms with Crippen LogP contribution in [-0.2, 0) is 38.8 Å². The summed E-state index contributed by atoms with van der Waals surface area (Å²) >= 11 is 0. The van der Waals surface area contributed by atoms with E-state index in [4.69, 9.17) is 9.11 Å². The fourth-order valence-electron chi connectivity index (χ4n) is 3.48. The topological polar surface area (TPSA) is 231 Å². The van der Waals surface area contributed by atoms with E-state index >= 15 is 0 Å².